The van der Waals surface area contributed by atoms with E-state index in [0.717, 1.165) is 38.1 Å². The van der Waals surface area contributed by atoms with E-state index in [4.69, 9.17) is 0 Å². The van der Waals surface area contributed by atoms with Crippen molar-refractivity contribution in [2.75, 3.05) is 5.32 Å². The van der Waals surface area contributed by atoms with Crippen molar-refractivity contribution in [2.24, 2.45) is 0 Å². The molecule has 9 heteroatoms. The molecule has 1 aliphatic rings. The van der Waals surface area contributed by atoms with Crippen molar-refractivity contribution in [2.45, 2.75) is 32.2 Å². The van der Waals surface area contributed by atoms with Gasteiger partial charge in [0.1, 0.15) is 11.6 Å². The minimum atomic E-state index is -0.573. The number of hydrogen-bond donors (Lipinski definition) is 1. The molecule has 1 N–H and O–H groups in total. The molecule has 2 heterocycles. The van der Waals surface area contributed by atoms with Gasteiger partial charge in [-0.1, -0.05) is 18.6 Å². The van der Waals surface area contributed by atoms with E-state index in [-0.39, 0.29) is 11.4 Å². The second kappa shape index (κ2) is 8.86. The number of nitrogens with zero attached hydrogens (tertiary/aromatic N) is 4. The maximum absolute atomic E-state index is 14.3. The normalized spacial score (nSPS) is 13.6. The predicted octanol–water partition coefficient (Wildman–Crippen LogP) is 4.37. The number of nitro benzene ring substituents is 1. The summed E-state index contributed by atoms with van der Waals surface area (Å²) in [4.78, 5) is 22.6. The van der Waals surface area contributed by atoms with Gasteiger partial charge in [-0.15, -0.1) is 10.2 Å². The van der Waals surface area contributed by atoms with Crippen LogP contribution in [0.5, 0.6) is 0 Å². The third-order valence-corrected chi connectivity index (χ3v) is 5.10. The first kappa shape index (κ1) is 20.4. The minimum Gasteiger partial charge on any atom is -0.320 e. The summed E-state index contributed by atoms with van der Waals surface area (Å²) < 4.78 is 16.4. The molecule has 0 atom stereocenters. The second-order valence-corrected chi connectivity index (χ2v) is 7.27. The highest BCUT2D eigenvalue weighted by molar-refractivity contribution is 6.02. The lowest BCUT2D eigenvalue weighted by molar-refractivity contribution is -0.384. The Bertz CT molecular complexity index is 1170. The van der Waals surface area contributed by atoms with E-state index in [9.17, 15) is 19.3 Å². The Morgan fingerprint density at radius 2 is 2.03 bits per heavy atom. The average molecular weight is 421 g/mol. The third kappa shape index (κ3) is 4.66. The summed E-state index contributed by atoms with van der Waals surface area (Å²) in [5.41, 5.74) is 1.11. The fourth-order valence-electron chi connectivity index (χ4n) is 3.55. The standard InChI is InChI=1S/C22H20FN5O3/c23-18-10-9-16(22-26-25-20-7-2-1-3-12-27(20)22)14-19(18)24-21(29)11-8-15-5-4-6-17(13-15)28(30)31/h4-6,8-11,13-14H,1-3,7,12H2,(H,24,29). The molecular formula is C22H20FN5O3. The molecular weight excluding hydrogens is 401 g/mol. The van der Waals surface area contributed by atoms with E-state index in [0.29, 0.717) is 17.0 Å². The van der Waals surface area contributed by atoms with E-state index in [1.165, 1.54) is 42.5 Å². The summed E-state index contributed by atoms with van der Waals surface area (Å²) in [7, 11) is 0. The van der Waals surface area contributed by atoms with Crippen molar-refractivity contribution in [3.63, 3.8) is 0 Å². The Hall–Kier alpha value is -3.88. The molecule has 158 valence electrons. The van der Waals surface area contributed by atoms with Gasteiger partial charge < -0.3 is 9.88 Å². The monoisotopic (exact) mass is 421 g/mol. The first-order valence-electron chi connectivity index (χ1n) is 9.97. The molecule has 0 saturated carbocycles. The van der Waals surface area contributed by atoms with Gasteiger partial charge in [-0.3, -0.25) is 14.9 Å². The zero-order valence-electron chi connectivity index (χ0n) is 16.6. The zero-order chi connectivity index (χ0) is 21.8. The topological polar surface area (TPSA) is 103 Å². The quantitative estimate of drug-likeness (QED) is 0.374. The van der Waals surface area contributed by atoms with Crippen molar-refractivity contribution in [1.29, 1.82) is 0 Å². The van der Waals surface area contributed by atoms with Gasteiger partial charge in [0, 0.05) is 36.7 Å². The van der Waals surface area contributed by atoms with Crippen LogP contribution in [0.3, 0.4) is 0 Å². The van der Waals surface area contributed by atoms with Gasteiger partial charge in [-0.05, 0) is 42.7 Å². The van der Waals surface area contributed by atoms with Crippen LogP contribution in [-0.4, -0.2) is 25.6 Å². The van der Waals surface area contributed by atoms with Crippen LogP contribution < -0.4 is 5.32 Å². The number of nitrogens with one attached hydrogen (secondary N) is 1. The van der Waals surface area contributed by atoms with Gasteiger partial charge in [0.05, 0.1) is 10.6 Å². The van der Waals surface area contributed by atoms with Crippen molar-refractivity contribution < 1.29 is 14.1 Å². The lowest BCUT2D eigenvalue weighted by atomic mass is 10.1. The van der Waals surface area contributed by atoms with Crippen molar-refractivity contribution >= 4 is 23.4 Å². The van der Waals surface area contributed by atoms with Gasteiger partial charge >= 0.3 is 0 Å². The summed E-state index contributed by atoms with van der Waals surface area (Å²) in [6.45, 7) is 0.808. The molecule has 31 heavy (non-hydrogen) atoms. The minimum absolute atomic E-state index is 0.0252. The fraction of sp³-hybridized carbons (Fsp3) is 0.227. The number of nitro groups is 1. The zero-order valence-corrected chi connectivity index (χ0v) is 16.6. The molecule has 3 aromatic rings. The van der Waals surface area contributed by atoms with Crippen molar-refractivity contribution in [1.82, 2.24) is 14.8 Å². The summed E-state index contributed by atoms with van der Waals surface area (Å²) in [6, 6.07) is 10.3. The number of benzene rings is 2. The van der Waals surface area contributed by atoms with Crippen LogP contribution >= 0.6 is 0 Å². The molecule has 8 nitrogen and oxygen atoms in total. The molecule has 0 aliphatic carbocycles. The average Bonchev–Trinajstić information content (AvgIpc) is 3.02. The number of rotatable bonds is 5. The van der Waals surface area contributed by atoms with Crippen LogP contribution in [0.15, 0.2) is 48.5 Å². The number of hydrogen-bond acceptors (Lipinski definition) is 5. The Morgan fingerprint density at radius 1 is 1.16 bits per heavy atom. The molecule has 0 spiro atoms. The molecule has 0 unspecified atom stereocenters. The number of aromatic nitrogens is 3. The molecule has 1 aliphatic heterocycles. The van der Waals surface area contributed by atoms with Crippen molar-refractivity contribution in [3.05, 3.63) is 75.9 Å². The Labute approximate surface area is 177 Å². The van der Waals surface area contributed by atoms with Gasteiger partial charge in [0.2, 0.25) is 5.91 Å². The number of anilines is 1. The lowest BCUT2D eigenvalue weighted by Gasteiger charge is -2.09. The number of aryl methyl sites for hydroxylation is 1. The lowest BCUT2D eigenvalue weighted by Crippen LogP contribution is -2.10. The Balaban J connectivity index is 1.53. The molecule has 2 aromatic carbocycles. The third-order valence-electron chi connectivity index (χ3n) is 5.10. The summed E-state index contributed by atoms with van der Waals surface area (Å²) in [5, 5.41) is 21.9. The van der Waals surface area contributed by atoms with Crippen LogP contribution in [0.4, 0.5) is 15.8 Å². The van der Waals surface area contributed by atoms with Gasteiger partial charge in [0.25, 0.3) is 5.69 Å². The Morgan fingerprint density at radius 3 is 2.87 bits per heavy atom. The molecule has 0 radical (unpaired) electrons. The van der Waals surface area contributed by atoms with E-state index in [1.54, 1.807) is 12.1 Å². The van der Waals surface area contributed by atoms with Gasteiger partial charge in [0.15, 0.2) is 5.82 Å². The van der Waals surface area contributed by atoms with Crippen molar-refractivity contribution in [3.8, 4) is 11.4 Å². The van der Waals surface area contributed by atoms with Crippen LogP contribution in [0.25, 0.3) is 17.5 Å². The fourth-order valence-corrected chi connectivity index (χ4v) is 3.55. The number of fused-ring (bicyclic) bond motifs is 1. The summed E-state index contributed by atoms with van der Waals surface area (Å²) in [6.07, 6.45) is 6.73. The maximum Gasteiger partial charge on any atom is 0.270 e. The van der Waals surface area contributed by atoms with E-state index >= 15 is 0 Å². The number of carbonyl (C=O) groups is 1. The summed E-state index contributed by atoms with van der Waals surface area (Å²) in [5.74, 6) is 0.445. The van der Waals surface area contributed by atoms with E-state index < -0.39 is 16.6 Å². The molecule has 0 saturated heterocycles. The van der Waals surface area contributed by atoms with E-state index in [1.807, 2.05) is 4.57 Å². The maximum atomic E-state index is 14.3. The largest absolute Gasteiger partial charge is 0.320 e. The molecule has 4 rings (SSSR count). The van der Waals surface area contributed by atoms with Crippen LogP contribution in [-0.2, 0) is 17.8 Å². The predicted molar refractivity (Wildman–Crippen MR) is 114 cm³/mol. The highest BCUT2D eigenvalue weighted by Crippen LogP contribution is 2.26. The number of non-ortho nitro benzene ring substituents is 1. The van der Waals surface area contributed by atoms with Crippen LogP contribution in [0, 0.1) is 15.9 Å². The first-order chi connectivity index (χ1) is 15.0. The summed E-state index contributed by atoms with van der Waals surface area (Å²) >= 11 is 0. The molecule has 1 aromatic heterocycles. The number of carbonyl (C=O) groups excluding carboxylic acids is 1. The van der Waals surface area contributed by atoms with E-state index in [2.05, 4.69) is 15.5 Å². The van der Waals surface area contributed by atoms with Gasteiger partial charge in [-0.2, -0.15) is 0 Å². The molecule has 0 bridgehead atoms. The number of halogens is 1. The van der Waals surface area contributed by atoms with Crippen LogP contribution in [0.2, 0.25) is 0 Å². The second-order valence-electron chi connectivity index (χ2n) is 7.27. The highest BCUT2D eigenvalue weighted by Gasteiger charge is 2.17. The Kier molecular flexibility index (Phi) is 5.83. The first-order valence-corrected chi connectivity index (χ1v) is 9.97. The van der Waals surface area contributed by atoms with Gasteiger partial charge in [-0.25, -0.2) is 4.39 Å². The smallest absolute Gasteiger partial charge is 0.270 e. The highest BCUT2D eigenvalue weighted by atomic mass is 19.1. The van der Waals surface area contributed by atoms with Crippen LogP contribution in [0.1, 0.15) is 30.7 Å². The number of amides is 1. The molecule has 1 amide bonds. The molecule has 0 fully saturated rings. The SMILES string of the molecule is O=C(C=Cc1cccc([N+](=O)[O-])c1)Nc1cc(-c2nnc3n2CCCCC3)ccc1F.